The summed E-state index contributed by atoms with van der Waals surface area (Å²) in [6.45, 7) is 4.48. The number of hydrogen-bond acceptors (Lipinski definition) is 3. The van der Waals surface area contributed by atoms with E-state index in [0.29, 0.717) is 24.5 Å². The number of rotatable bonds is 8. The molecule has 1 amide bonds. The fourth-order valence-corrected chi connectivity index (χ4v) is 2.98. The lowest BCUT2D eigenvalue weighted by molar-refractivity contribution is -0.121. The zero-order valence-corrected chi connectivity index (χ0v) is 14.7. The molecule has 0 atom stereocenters. The minimum absolute atomic E-state index is 0.141. The van der Waals surface area contributed by atoms with Gasteiger partial charge in [-0.1, -0.05) is 37.6 Å². The van der Waals surface area contributed by atoms with Crippen LogP contribution in [0.1, 0.15) is 19.4 Å². The van der Waals surface area contributed by atoms with Gasteiger partial charge in [-0.15, -0.1) is 0 Å². The SMILES string of the molecule is CC(C)CN(CC(=O)NCCc1ccc(Cl)cc1)S(C)(=O)=O. The second kappa shape index (κ2) is 8.50. The first-order chi connectivity index (χ1) is 10.2. The van der Waals surface area contributed by atoms with Crippen molar-refractivity contribution in [2.75, 3.05) is 25.9 Å². The van der Waals surface area contributed by atoms with Crippen LogP contribution in [0.4, 0.5) is 0 Å². The monoisotopic (exact) mass is 346 g/mol. The van der Waals surface area contributed by atoms with Gasteiger partial charge in [0.25, 0.3) is 0 Å². The summed E-state index contributed by atoms with van der Waals surface area (Å²) in [7, 11) is -3.38. The van der Waals surface area contributed by atoms with E-state index >= 15 is 0 Å². The zero-order valence-electron chi connectivity index (χ0n) is 13.2. The van der Waals surface area contributed by atoms with E-state index in [1.54, 1.807) is 12.1 Å². The summed E-state index contributed by atoms with van der Waals surface area (Å²) in [4.78, 5) is 11.9. The van der Waals surface area contributed by atoms with Crippen LogP contribution in [-0.4, -0.2) is 44.5 Å². The predicted molar refractivity (Wildman–Crippen MR) is 89.4 cm³/mol. The predicted octanol–water partition coefficient (Wildman–Crippen LogP) is 1.92. The molecule has 1 N–H and O–H groups in total. The molecule has 0 saturated carbocycles. The molecule has 1 rings (SSSR count). The van der Waals surface area contributed by atoms with Gasteiger partial charge in [0.15, 0.2) is 0 Å². The standard InChI is InChI=1S/C15H23ClN2O3S/c1-12(2)10-18(22(3,20)21)11-15(19)17-9-8-13-4-6-14(16)7-5-13/h4-7,12H,8-11H2,1-3H3,(H,17,19). The summed E-state index contributed by atoms with van der Waals surface area (Å²) in [6, 6.07) is 7.39. The summed E-state index contributed by atoms with van der Waals surface area (Å²) in [6.07, 6.45) is 1.79. The molecule has 7 heteroatoms. The van der Waals surface area contributed by atoms with Gasteiger partial charge in [-0.05, 0) is 30.0 Å². The molecule has 0 aromatic heterocycles. The molecule has 0 aliphatic heterocycles. The Bertz CT molecular complexity index is 585. The van der Waals surface area contributed by atoms with Crippen molar-refractivity contribution in [2.45, 2.75) is 20.3 Å². The number of benzene rings is 1. The van der Waals surface area contributed by atoms with E-state index in [1.807, 2.05) is 26.0 Å². The molecular formula is C15H23ClN2O3S. The van der Waals surface area contributed by atoms with Gasteiger partial charge in [0.05, 0.1) is 12.8 Å². The number of carbonyl (C=O) groups excluding carboxylic acids is 1. The van der Waals surface area contributed by atoms with E-state index in [9.17, 15) is 13.2 Å². The van der Waals surface area contributed by atoms with Crippen LogP contribution < -0.4 is 5.32 Å². The minimum atomic E-state index is -3.38. The zero-order chi connectivity index (χ0) is 16.8. The van der Waals surface area contributed by atoms with Gasteiger partial charge in [0.1, 0.15) is 0 Å². The Labute approximate surface area is 137 Å². The Morgan fingerprint density at radius 1 is 1.27 bits per heavy atom. The van der Waals surface area contributed by atoms with E-state index in [-0.39, 0.29) is 18.4 Å². The Hall–Kier alpha value is -1.11. The van der Waals surface area contributed by atoms with Crippen molar-refractivity contribution >= 4 is 27.5 Å². The second-order valence-electron chi connectivity index (χ2n) is 5.68. The van der Waals surface area contributed by atoms with Gasteiger partial charge in [0.2, 0.25) is 15.9 Å². The van der Waals surface area contributed by atoms with Gasteiger partial charge in [-0.3, -0.25) is 4.79 Å². The van der Waals surface area contributed by atoms with Crippen molar-refractivity contribution in [3.63, 3.8) is 0 Å². The van der Waals surface area contributed by atoms with Crippen LogP contribution in [0.25, 0.3) is 0 Å². The molecule has 124 valence electrons. The van der Waals surface area contributed by atoms with Crippen LogP contribution in [0.2, 0.25) is 5.02 Å². The molecule has 0 aliphatic rings. The normalized spacial score (nSPS) is 11.9. The summed E-state index contributed by atoms with van der Waals surface area (Å²) >= 11 is 5.81. The average Bonchev–Trinajstić information content (AvgIpc) is 2.39. The molecule has 0 radical (unpaired) electrons. The summed E-state index contributed by atoms with van der Waals surface area (Å²) in [5, 5.41) is 3.42. The van der Waals surface area contributed by atoms with Crippen molar-refractivity contribution in [3.8, 4) is 0 Å². The van der Waals surface area contributed by atoms with Crippen LogP contribution in [0, 0.1) is 5.92 Å². The van der Waals surface area contributed by atoms with Crippen molar-refractivity contribution in [1.29, 1.82) is 0 Å². The maximum absolute atomic E-state index is 11.9. The number of carbonyl (C=O) groups is 1. The third-order valence-corrected chi connectivity index (χ3v) is 4.48. The first-order valence-corrected chi connectivity index (χ1v) is 9.37. The lowest BCUT2D eigenvalue weighted by Crippen LogP contribution is -2.42. The number of sulfonamides is 1. The second-order valence-corrected chi connectivity index (χ2v) is 8.09. The Balaban J connectivity index is 2.45. The summed E-state index contributed by atoms with van der Waals surface area (Å²) < 4.78 is 24.5. The molecule has 0 saturated heterocycles. The van der Waals surface area contributed by atoms with E-state index < -0.39 is 10.0 Å². The third-order valence-electron chi connectivity index (χ3n) is 3.01. The number of halogens is 1. The Kier molecular flexibility index (Phi) is 7.32. The fraction of sp³-hybridized carbons (Fsp3) is 0.533. The van der Waals surface area contributed by atoms with Crippen LogP contribution in [0.5, 0.6) is 0 Å². The summed E-state index contributed by atoms with van der Waals surface area (Å²) in [5.41, 5.74) is 1.06. The van der Waals surface area contributed by atoms with Gasteiger partial charge in [-0.25, -0.2) is 8.42 Å². The lowest BCUT2D eigenvalue weighted by Gasteiger charge is -2.21. The van der Waals surface area contributed by atoms with Crippen LogP contribution in [0.3, 0.4) is 0 Å². The molecule has 1 aromatic carbocycles. The van der Waals surface area contributed by atoms with Crippen molar-refractivity contribution < 1.29 is 13.2 Å². The number of amides is 1. The minimum Gasteiger partial charge on any atom is -0.355 e. The highest BCUT2D eigenvalue weighted by molar-refractivity contribution is 7.88. The first-order valence-electron chi connectivity index (χ1n) is 7.14. The van der Waals surface area contributed by atoms with E-state index in [0.717, 1.165) is 11.8 Å². The van der Waals surface area contributed by atoms with E-state index in [2.05, 4.69) is 5.32 Å². The lowest BCUT2D eigenvalue weighted by atomic mass is 10.1. The molecule has 22 heavy (non-hydrogen) atoms. The highest BCUT2D eigenvalue weighted by Gasteiger charge is 2.20. The van der Waals surface area contributed by atoms with Gasteiger partial charge >= 0.3 is 0 Å². The highest BCUT2D eigenvalue weighted by Crippen LogP contribution is 2.09. The van der Waals surface area contributed by atoms with Gasteiger partial charge in [-0.2, -0.15) is 4.31 Å². The molecule has 0 spiro atoms. The largest absolute Gasteiger partial charge is 0.355 e. The molecule has 1 aromatic rings. The van der Waals surface area contributed by atoms with Crippen LogP contribution in [-0.2, 0) is 21.2 Å². The molecule has 0 unspecified atom stereocenters. The quantitative estimate of drug-likeness (QED) is 0.782. The van der Waals surface area contributed by atoms with Crippen LogP contribution in [0.15, 0.2) is 24.3 Å². The molecule has 0 bridgehead atoms. The molecule has 0 fully saturated rings. The molecule has 0 heterocycles. The molecular weight excluding hydrogens is 324 g/mol. The van der Waals surface area contributed by atoms with E-state index in [1.165, 1.54) is 4.31 Å². The summed E-state index contributed by atoms with van der Waals surface area (Å²) in [5.74, 6) is -0.128. The van der Waals surface area contributed by atoms with Gasteiger partial charge in [0, 0.05) is 18.1 Å². The van der Waals surface area contributed by atoms with Crippen molar-refractivity contribution in [1.82, 2.24) is 9.62 Å². The third kappa shape index (κ3) is 7.24. The highest BCUT2D eigenvalue weighted by atomic mass is 35.5. The van der Waals surface area contributed by atoms with Crippen molar-refractivity contribution in [2.24, 2.45) is 5.92 Å². The van der Waals surface area contributed by atoms with E-state index in [4.69, 9.17) is 11.6 Å². The van der Waals surface area contributed by atoms with Gasteiger partial charge < -0.3 is 5.32 Å². The smallest absolute Gasteiger partial charge is 0.235 e. The number of nitrogens with zero attached hydrogens (tertiary/aromatic N) is 1. The topological polar surface area (TPSA) is 66.5 Å². The maximum atomic E-state index is 11.9. The number of nitrogens with one attached hydrogen (secondary N) is 1. The molecule has 5 nitrogen and oxygen atoms in total. The average molecular weight is 347 g/mol. The Morgan fingerprint density at radius 3 is 2.36 bits per heavy atom. The number of hydrogen-bond donors (Lipinski definition) is 1. The maximum Gasteiger partial charge on any atom is 0.235 e. The first kappa shape index (κ1) is 18.9. The van der Waals surface area contributed by atoms with Crippen LogP contribution >= 0.6 is 11.6 Å². The fourth-order valence-electron chi connectivity index (χ4n) is 1.94. The van der Waals surface area contributed by atoms with Crippen molar-refractivity contribution in [3.05, 3.63) is 34.9 Å². The Morgan fingerprint density at radius 2 is 1.86 bits per heavy atom. The molecule has 0 aliphatic carbocycles.